The van der Waals surface area contributed by atoms with Crippen molar-refractivity contribution in [1.29, 1.82) is 0 Å². The lowest BCUT2D eigenvalue weighted by atomic mass is 10.0. The lowest BCUT2D eigenvalue weighted by molar-refractivity contribution is -0.143. The Balaban J connectivity index is 6.01. The lowest BCUT2D eigenvalue weighted by Gasteiger charge is -2.29. The maximum Gasteiger partial charge on any atom is 0.328 e. The number of nitrogens with one attached hydrogen (secondary N) is 6. The normalized spacial score (nSPS) is 16.0. The van der Waals surface area contributed by atoms with Crippen LogP contribution in [0.1, 0.15) is 53.9 Å². The van der Waals surface area contributed by atoms with E-state index in [4.69, 9.17) is 21.7 Å². The Morgan fingerprint density at radius 3 is 1.46 bits per heavy atom. The summed E-state index contributed by atoms with van der Waals surface area (Å²) in [5.41, 5.74) is 10.6. The highest BCUT2D eigenvalue weighted by molar-refractivity contribution is 5.97. The third-order valence-corrected chi connectivity index (χ3v) is 7.11. The van der Waals surface area contributed by atoms with Crippen molar-refractivity contribution in [3.8, 4) is 0 Å². The van der Waals surface area contributed by atoms with E-state index in [1.165, 1.54) is 0 Å². The molecular weight excluding hydrogens is 668 g/mol. The Morgan fingerprint density at radius 1 is 0.580 bits per heavy atom. The van der Waals surface area contributed by atoms with Gasteiger partial charge in [0, 0.05) is 6.42 Å². The number of aliphatic hydroxyl groups excluding tert-OH is 4. The van der Waals surface area contributed by atoms with Crippen molar-refractivity contribution in [1.82, 2.24) is 31.9 Å². The summed E-state index contributed by atoms with van der Waals surface area (Å²) in [6.45, 7) is 4.98. The lowest BCUT2D eigenvalue weighted by Crippen LogP contribution is -2.62. The molecule has 21 heteroatoms. The minimum absolute atomic E-state index is 0.0475. The topological polar surface area (TPSA) is 362 Å². The Labute approximate surface area is 288 Å². The van der Waals surface area contributed by atoms with Gasteiger partial charge >= 0.3 is 5.97 Å². The Hall–Kier alpha value is -4.44. The van der Waals surface area contributed by atoms with E-state index < -0.39 is 128 Å². The molecule has 286 valence electrons. The third-order valence-electron chi connectivity index (χ3n) is 7.11. The molecule has 0 saturated carbocycles. The molecule has 0 spiro atoms. The zero-order valence-corrected chi connectivity index (χ0v) is 28.7. The van der Waals surface area contributed by atoms with Gasteiger partial charge in [0.2, 0.25) is 41.4 Å². The van der Waals surface area contributed by atoms with E-state index in [1.807, 2.05) is 5.32 Å². The van der Waals surface area contributed by atoms with Crippen LogP contribution in [0.4, 0.5) is 0 Å². The number of rotatable bonds is 23. The number of carbonyl (C=O) groups excluding carboxylic acids is 7. The fraction of sp³-hybridized carbons (Fsp3) is 0.724. The van der Waals surface area contributed by atoms with Crippen LogP contribution in [0.25, 0.3) is 0 Å². The van der Waals surface area contributed by atoms with Crippen molar-refractivity contribution in [3.63, 3.8) is 0 Å². The number of hydrogen-bond donors (Lipinski definition) is 13. The molecule has 15 N–H and O–H groups in total. The molecule has 0 aliphatic carbocycles. The van der Waals surface area contributed by atoms with Crippen LogP contribution in [0, 0.1) is 11.8 Å². The Bertz CT molecular complexity index is 1200. The third kappa shape index (κ3) is 15.8. The maximum atomic E-state index is 13.3. The minimum atomic E-state index is -1.76. The van der Waals surface area contributed by atoms with Crippen molar-refractivity contribution in [2.75, 3.05) is 19.8 Å². The summed E-state index contributed by atoms with van der Waals surface area (Å²) in [6, 6.07) is -10.7. The van der Waals surface area contributed by atoms with Gasteiger partial charge in [0.25, 0.3) is 0 Å². The largest absolute Gasteiger partial charge is 0.480 e. The minimum Gasteiger partial charge on any atom is -0.480 e. The fourth-order valence-electron chi connectivity index (χ4n) is 4.24. The molecule has 0 aromatic rings. The number of hydrogen-bond acceptors (Lipinski definition) is 13. The molecular formula is C29H52N8O13. The first-order valence-electron chi connectivity index (χ1n) is 15.8. The monoisotopic (exact) mass is 720 g/mol. The summed E-state index contributed by atoms with van der Waals surface area (Å²) in [5, 5.41) is 61.2. The van der Waals surface area contributed by atoms with Gasteiger partial charge in [-0.05, 0) is 31.6 Å². The van der Waals surface area contributed by atoms with E-state index in [-0.39, 0.29) is 18.8 Å². The molecule has 7 amide bonds. The van der Waals surface area contributed by atoms with Crippen molar-refractivity contribution >= 4 is 47.3 Å². The second-order valence-corrected chi connectivity index (χ2v) is 12.3. The summed E-state index contributed by atoms with van der Waals surface area (Å²) < 4.78 is 0. The van der Waals surface area contributed by atoms with Crippen LogP contribution in [0.2, 0.25) is 0 Å². The van der Waals surface area contributed by atoms with E-state index >= 15 is 0 Å². The number of nitrogens with two attached hydrogens (primary N) is 2. The predicted octanol–water partition coefficient (Wildman–Crippen LogP) is -6.37. The Morgan fingerprint density at radius 2 is 1.02 bits per heavy atom. The van der Waals surface area contributed by atoms with E-state index in [0.717, 1.165) is 6.92 Å². The fourth-order valence-corrected chi connectivity index (χ4v) is 4.24. The molecule has 0 aliphatic rings. The predicted molar refractivity (Wildman–Crippen MR) is 173 cm³/mol. The van der Waals surface area contributed by atoms with E-state index in [1.54, 1.807) is 27.7 Å². The second kappa shape index (κ2) is 22.3. The van der Waals surface area contributed by atoms with E-state index in [0.29, 0.717) is 0 Å². The SMILES string of the molecule is CC(C)C[C@H](NC(=O)[C@@H](NC(=O)[C@H](CO)NC(=O)[C@@H](NC(=O)[C@@H](N)CO)C(C)C)[C@@H](C)O)C(=O)N[C@@H](CCC(N)=O)C(=O)N[C@@H](CO)C(=O)O. The van der Waals surface area contributed by atoms with Crippen molar-refractivity contribution in [2.45, 2.75) is 102 Å². The van der Waals surface area contributed by atoms with Gasteiger partial charge in [-0.25, -0.2) is 4.79 Å². The number of amides is 7. The van der Waals surface area contributed by atoms with Crippen LogP contribution in [0.3, 0.4) is 0 Å². The summed E-state index contributed by atoms with van der Waals surface area (Å²) >= 11 is 0. The highest BCUT2D eigenvalue weighted by Gasteiger charge is 2.35. The van der Waals surface area contributed by atoms with Gasteiger partial charge < -0.3 is 68.9 Å². The van der Waals surface area contributed by atoms with Gasteiger partial charge in [0.15, 0.2) is 0 Å². The second-order valence-electron chi connectivity index (χ2n) is 12.3. The molecule has 21 nitrogen and oxygen atoms in total. The molecule has 0 saturated heterocycles. The van der Waals surface area contributed by atoms with Crippen molar-refractivity contribution in [3.05, 3.63) is 0 Å². The number of aliphatic carboxylic acids is 1. The highest BCUT2D eigenvalue weighted by Crippen LogP contribution is 2.09. The average Bonchev–Trinajstić information content (AvgIpc) is 3.03. The van der Waals surface area contributed by atoms with Gasteiger partial charge in [-0.1, -0.05) is 27.7 Å². The average molecular weight is 721 g/mol. The first kappa shape index (κ1) is 45.6. The van der Waals surface area contributed by atoms with Crippen molar-refractivity contribution < 1.29 is 63.9 Å². The molecule has 0 unspecified atom stereocenters. The quantitative estimate of drug-likeness (QED) is 0.0467. The van der Waals surface area contributed by atoms with Gasteiger partial charge in [0.05, 0.1) is 25.9 Å². The summed E-state index contributed by atoms with van der Waals surface area (Å²) in [6.07, 6.45) is -2.42. The van der Waals surface area contributed by atoms with Gasteiger partial charge in [-0.2, -0.15) is 0 Å². The molecule has 0 heterocycles. The number of carbonyl (C=O) groups is 8. The van der Waals surface area contributed by atoms with Crippen molar-refractivity contribution in [2.24, 2.45) is 23.3 Å². The summed E-state index contributed by atoms with van der Waals surface area (Å²) in [4.78, 5) is 100. The van der Waals surface area contributed by atoms with Gasteiger partial charge in [-0.15, -0.1) is 0 Å². The standard InChI is InChI=1S/C29H52N8O13/c1-12(2)8-17(25(45)32-16(6-7-20(31)42)24(44)35-19(11-40)29(49)50)33-28(48)22(14(5)41)37-26(46)18(10-39)34-27(47)21(13(3)4)36-23(43)15(30)9-38/h12-19,21-22,38-41H,6-11,30H2,1-5H3,(H2,31,42)(H,32,45)(H,33,48)(H,34,47)(H,35,44)(H,36,43)(H,37,46)(H,49,50)/t14-,15+,16+,17+,18+,19+,21+,22+/m1/s1. The Kier molecular flexibility index (Phi) is 20.3. The summed E-state index contributed by atoms with van der Waals surface area (Å²) in [7, 11) is 0. The first-order chi connectivity index (χ1) is 23.2. The molecule has 0 radical (unpaired) electrons. The molecule has 0 fully saturated rings. The molecule has 0 bridgehead atoms. The zero-order valence-electron chi connectivity index (χ0n) is 28.7. The number of carboxylic acid groups (broad SMARTS) is 1. The molecule has 8 atom stereocenters. The van der Waals surface area contributed by atoms with Crippen LogP contribution in [0.5, 0.6) is 0 Å². The van der Waals surface area contributed by atoms with Gasteiger partial charge in [0.1, 0.15) is 42.3 Å². The maximum absolute atomic E-state index is 13.3. The number of aliphatic hydroxyl groups is 4. The molecule has 50 heavy (non-hydrogen) atoms. The highest BCUT2D eigenvalue weighted by atomic mass is 16.4. The van der Waals surface area contributed by atoms with E-state index in [9.17, 15) is 53.7 Å². The van der Waals surface area contributed by atoms with Crippen LogP contribution in [-0.2, 0) is 38.4 Å². The zero-order chi connectivity index (χ0) is 38.9. The molecule has 0 aromatic heterocycles. The van der Waals surface area contributed by atoms with Crippen LogP contribution in [-0.4, -0.2) is 141 Å². The smallest absolute Gasteiger partial charge is 0.328 e. The molecule has 0 aliphatic heterocycles. The van der Waals surface area contributed by atoms with Crippen LogP contribution >= 0.6 is 0 Å². The summed E-state index contributed by atoms with van der Waals surface area (Å²) in [5.74, 6) is -9.25. The molecule has 0 rings (SSSR count). The van der Waals surface area contributed by atoms with Gasteiger partial charge in [-0.3, -0.25) is 33.6 Å². The number of carboxylic acids is 1. The molecule has 0 aromatic carbocycles. The van der Waals surface area contributed by atoms with Crippen LogP contribution in [0.15, 0.2) is 0 Å². The number of primary amides is 1. The first-order valence-corrected chi connectivity index (χ1v) is 15.8. The van der Waals surface area contributed by atoms with Crippen LogP contribution < -0.4 is 43.4 Å². The van der Waals surface area contributed by atoms with E-state index in [2.05, 4.69) is 26.6 Å².